The first-order chi connectivity index (χ1) is 14.3. The zero-order valence-electron chi connectivity index (χ0n) is 16.9. The normalized spacial score (nSPS) is 11.9. The molecule has 2 rings (SSSR count). The van der Waals surface area contributed by atoms with E-state index in [0.29, 0.717) is 12.0 Å². The van der Waals surface area contributed by atoms with Gasteiger partial charge in [0, 0.05) is 6.92 Å². The Morgan fingerprint density at radius 1 is 0.933 bits per heavy atom. The van der Waals surface area contributed by atoms with E-state index in [0.717, 1.165) is 5.56 Å². The molecule has 0 spiro atoms. The Labute approximate surface area is 175 Å². The van der Waals surface area contributed by atoms with Crippen molar-refractivity contribution in [1.29, 1.82) is 0 Å². The maximum atomic E-state index is 12.3. The standard InChI is InChI=1S/C23H24N2O5/c1-16(26)20(13-18-9-5-3-6-10-18)25-22(28)15-30-23(29)21(24-17(2)27)14-19-11-7-4-8-12-19/h3-12,14,20H,13,15H2,1-2H3,(H,24,27)(H,25,28)/b21-14-/t20-/m0/s1. The SMILES string of the molecule is CC(=O)N/C(=C\c1ccccc1)C(=O)OCC(=O)N[C@@H](Cc1ccccc1)C(C)=O. The molecule has 1 atom stereocenters. The van der Waals surface area contributed by atoms with Crippen molar-refractivity contribution in [3.8, 4) is 0 Å². The topological polar surface area (TPSA) is 102 Å². The maximum absolute atomic E-state index is 12.3. The predicted octanol–water partition coefficient (Wildman–Crippen LogP) is 2.02. The number of Topliss-reactive ketones (excluding diaryl/α,β-unsaturated/α-hetero) is 1. The number of esters is 1. The second-order valence-electron chi connectivity index (χ2n) is 6.65. The number of carbonyl (C=O) groups excluding carboxylic acids is 4. The molecule has 0 unspecified atom stereocenters. The zero-order chi connectivity index (χ0) is 21.9. The first-order valence-corrected chi connectivity index (χ1v) is 9.40. The van der Waals surface area contributed by atoms with Crippen molar-refractivity contribution in [2.24, 2.45) is 0 Å². The van der Waals surface area contributed by atoms with Crippen molar-refractivity contribution >= 4 is 29.6 Å². The van der Waals surface area contributed by atoms with Gasteiger partial charge in [0.15, 0.2) is 12.4 Å². The van der Waals surface area contributed by atoms with Crippen LogP contribution in [0.2, 0.25) is 0 Å². The van der Waals surface area contributed by atoms with Crippen molar-refractivity contribution < 1.29 is 23.9 Å². The van der Waals surface area contributed by atoms with Gasteiger partial charge in [-0.05, 0) is 30.5 Å². The highest BCUT2D eigenvalue weighted by Gasteiger charge is 2.20. The van der Waals surface area contributed by atoms with Crippen LogP contribution in [0.4, 0.5) is 0 Å². The number of benzene rings is 2. The Bertz CT molecular complexity index is 923. The molecule has 0 aliphatic carbocycles. The van der Waals surface area contributed by atoms with Gasteiger partial charge in [-0.25, -0.2) is 4.79 Å². The average Bonchev–Trinajstić information content (AvgIpc) is 2.72. The van der Waals surface area contributed by atoms with E-state index < -0.39 is 30.4 Å². The minimum atomic E-state index is -0.855. The molecule has 0 radical (unpaired) electrons. The molecule has 30 heavy (non-hydrogen) atoms. The predicted molar refractivity (Wildman–Crippen MR) is 112 cm³/mol. The van der Waals surface area contributed by atoms with Crippen molar-refractivity contribution in [2.45, 2.75) is 26.3 Å². The van der Waals surface area contributed by atoms with Gasteiger partial charge in [0.2, 0.25) is 5.91 Å². The van der Waals surface area contributed by atoms with Crippen molar-refractivity contribution in [1.82, 2.24) is 10.6 Å². The van der Waals surface area contributed by atoms with Gasteiger partial charge in [0.1, 0.15) is 5.70 Å². The number of rotatable bonds is 9. The third-order valence-electron chi connectivity index (χ3n) is 4.08. The Hall–Kier alpha value is -3.74. The fraction of sp³-hybridized carbons (Fsp3) is 0.217. The van der Waals surface area contributed by atoms with Gasteiger partial charge in [0.05, 0.1) is 6.04 Å². The summed E-state index contributed by atoms with van der Waals surface area (Å²) < 4.78 is 5.02. The summed E-state index contributed by atoms with van der Waals surface area (Å²) in [5.74, 6) is -2.12. The molecule has 0 aliphatic rings. The Morgan fingerprint density at radius 3 is 2.10 bits per heavy atom. The Kier molecular flexibility index (Phi) is 8.50. The summed E-state index contributed by atoms with van der Waals surface area (Å²) in [6, 6.07) is 17.4. The van der Waals surface area contributed by atoms with E-state index in [1.165, 1.54) is 19.9 Å². The lowest BCUT2D eigenvalue weighted by atomic mass is 10.0. The van der Waals surface area contributed by atoms with Crippen molar-refractivity contribution in [3.63, 3.8) is 0 Å². The highest BCUT2D eigenvalue weighted by atomic mass is 16.5. The molecule has 0 bridgehead atoms. The lowest BCUT2D eigenvalue weighted by Gasteiger charge is -2.16. The highest BCUT2D eigenvalue weighted by molar-refractivity contribution is 5.98. The molecule has 0 saturated heterocycles. The molecule has 0 aromatic heterocycles. The summed E-state index contributed by atoms with van der Waals surface area (Å²) in [6.07, 6.45) is 1.79. The summed E-state index contributed by atoms with van der Waals surface area (Å²) in [6.45, 7) is 2.07. The molecule has 0 saturated carbocycles. The lowest BCUT2D eigenvalue weighted by molar-refractivity contribution is -0.146. The van der Waals surface area contributed by atoms with Crippen LogP contribution in [0, 0.1) is 0 Å². The van der Waals surface area contributed by atoms with Gasteiger partial charge in [0.25, 0.3) is 5.91 Å². The Balaban J connectivity index is 1.98. The number of ether oxygens (including phenoxy) is 1. The van der Waals surface area contributed by atoms with Gasteiger partial charge < -0.3 is 15.4 Å². The molecule has 7 heteroatoms. The third-order valence-corrected chi connectivity index (χ3v) is 4.08. The summed E-state index contributed by atoms with van der Waals surface area (Å²) in [4.78, 5) is 47.8. The number of carbonyl (C=O) groups is 4. The number of ketones is 1. The molecular weight excluding hydrogens is 384 g/mol. The van der Waals surface area contributed by atoms with Crippen LogP contribution in [0.1, 0.15) is 25.0 Å². The van der Waals surface area contributed by atoms with Crippen LogP contribution in [0.5, 0.6) is 0 Å². The quantitative estimate of drug-likeness (QED) is 0.488. The molecule has 7 nitrogen and oxygen atoms in total. The van der Waals surface area contributed by atoms with Gasteiger partial charge >= 0.3 is 5.97 Å². The molecule has 0 fully saturated rings. The summed E-state index contributed by atoms with van der Waals surface area (Å²) in [5, 5.41) is 4.98. The van der Waals surface area contributed by atoms with Crippen LogP contribution < -0.4 is 10.6 Å². The van der Waals surface area contributed by atoms with Crippen molar-refractivity contribution in [2.75, 3.05) is 6.61 Å². The van der Waals surface area contributed by atoms with E-state index >= 15 is 0 Å². The van der Waals surface area contributed by atoms with E-state index in [1.54, 1.807) is 24.3 Å². The van der Waals surface area contributed by atoms with Crippen molar-refractivity contribution in [3.05, 3.63) is 77.5 Å². The van der Waals surface area contributed by atoms with Crippen LogP contribution in [0.15, 0.2) is 66.4 Å². The molecule has 0 aliphatic heterocycles. The second kappa shape index (κ2) is 11.3. The highest BCUT2D eigenvalue weighted by Crippen LogP contribution is 2.07. The number of hydrogen-bond acceptors (Lipinski definition) is 5. The minimum Gasteiger partial charge on any atom is -0.451 e. The van der Waals surface area contributed by atoms with Gasteiger partial charge in [-0.3, -0.25) is 14.4 Å². The van der Waals surface area contributed by atoms with E-state index in [1.807, 2.05) is 36.4 Å². The van der Waals surface area contributed by atoms with Crippen LogP contribution in [-0.2, 0) is 30.3 Å². The molecule has 0 heterocycles. The summed E-state index contributed by atoms with van der Waals surface area (Å²) in [7, 11) is 0. The van der Waals surface area contributed by atoms with Crippen LogP contribution >= 0.6 is 0 Å². The van der Waals surface area contributed by atoms with Crippen LogP contribution in [-0.4, -0.2) is 36.2 Å². The van der Waals surface area contributed by atoms with Crippen LogP contribution in [0.3, 0.4) is 0 Å². The zero-order valence-corrected chi connectivity index (χ0v) is 16.9. The van der Waals surface area contributed by atoms with E-state index in [2.05, 4.69) is 10.6 Å². The smallest absolute Gasteiger partial charge is 0.355 e. The minimum absolute atomic E-state index is 0.0890. The van der Waals surface area contributed by atoms with Gasteiger partial charge in [-0.1, -0.05) is 60.7 Å². The van der Waals surface area contributed by atoms with E-state index in [4.69, 9.17) is 4.74 Å². The van der Waals surface area contributed by atoms with Gasteiger partial charge in [-0.2, -0.15) is 0 Å². The van der Waals surface area contributed by atoms with E-state index in [-0.39, 0.29) is 11.5 Å². The van der Waals surface area contributed by atoms with Crippen LogP contribution in [0.25, 0.3) is 6.08 Å². The Morgan fingerprint density at radius 2 is 1.53 bits per heavy atom. The fourth-order valence-corrected chi connectivity index (χ4v) is 2.64. The number of amides is 2. The largest absolute Gasteiger partial charge is 0.451 e. The molecule has 2 amide bonds. The fourth-order valence-electron chi connectivity index (χ4n) is 2.64. The third kappa shape index (κ3) is 7.71. The second-order valence-corrected chi connectivity index (χ2v) is 6.65. The number of hydrogen-bond donors (Lipinski definition) is 2. The first-order valence-electron chi connectivity index (χ1n) is 9.40. The maximum Gasteiger partial charge on any atom is 0.355 e. The summed E-state index contributed by atoms with van der Waals surface area (Å²) in [5.41, 5.74) is 1.49. The molecule has 2 aromatic rings. The molecular formula is C23H24N2O5. The summed E-state index contributed by atoms with van der Waals surface area (Å²) >= 11 is 0. The lowest BCUT2D eigenvalue weighted by Crippen LogP contribution is -2.43. The monoisotopic (exact) mass is 408 g/mol. The average molecular weight is 408 g/mol. The molecule has 2 N–H and O–H groups in total. The molecule has 156 valence electrons. The number of nitrogens with one attached hydrogen (secondary N) is 2. The molecule has 2 aromatic carbocycles. The first kappa shape index (κ1) is 22.5. The van der Waals surface area contributed by atoms with E-state index in [9.17, 15) is 19.2 Å². The van der Waals surface area contributed by atoms with Gasteiger partial charge in [-0.15, -0.1) is 0 Å².